The normalized spacial score (nSPS) is 15.2. The number of ether oxygens (including phenoxy) is 3. The molecule has 0 bridgehead atoms. The van der Waals surface area contributed by atoms with Gasteiger partial charge in [0.1, 0.15) is 17.6 Å². The highest BCUT2D eigenvalue weighted by atomic mass is 16.5. The lowest BCUT2D eigenvalue weighted by atomic mass is 10.0. The second-order valence-electron chi connectivity index (χ2n) is 7.72. The molecule has 0 amide bonds. The van der Waals surface area contributed by atoms with Crippen molar-refractivity contribution < 1.29 is 19.0 Å². The number of benzene rings is 2. The summed E-state index contributed by atoms with van der Waals surface area (Å²) in [6, 6.07) is 14.2. The molecule has 0 aliphatic carbocycles. The molecule has 32 heavy (non-hydrogen) atoms. The molecule has 0 fully saturated rings. The molecule has 0 saturated carbocycles. The van der Waals surface area contributed by atoms with Gasteiger partial charge < -0.3 is 18.8 Å². The first-order valence-corrected chi connectivity index (χ1v) is 11.0. The second-order valence-corrected chi connectivity index (χ2v) is 7.72. The van der Waals surface area contributed by atoms with Gasteiger partial charge in [-0.3, -0.25) is 0 Å². The van der Waals surface area contributed by atoms with Crippen molar-refractivity contribution >= 4 is 12.0 Å². The van der Waals surface area contributed by atoms with Crippen LogP contribution in [-0.4, -0.2) is 34.8 Å². The number of carbonyl (C=O) groups is 1. The lowest BCUT2D eigenvalue weighted by Gasteiger charge is -2.26. The molecule has 2 aromatic carbocycles. The molecule has 2 heterocycles. The standard InChI is InChI=1S/C26H28N2O4/c1-2-30-26(29)12-10-22-8-7-20(18-28-15-14-27-19-28)17-25(22)31-16-13-23-11-9-21-5-3-4-6-24(21)32-23/h3-8,10,12,14-15,17,19,23H,2,9,11,13,16,18H2,1H3. The topological polar surface area (TPSA) is 62.6 Å². The van der Waals surface area contributed by atoms with E-state index < -0.39 is 0 Å². The van der Waals surface area contributed by atoms with Crippen molar-refractivity contribution in [3.63, 3.8) is 0 Å². The predicted octanol–water partition coefficient (Wildman–Crippen LogP) is 4.67. The maximum atomic E-state index is 11.8. The van der Waals surface area contributed by atoms with Crippen LogP contribution < -0.4 is 9.47 Å². The minimum atomic E-state index is -0.366. The highest BCUT2D eigenvalue weighted by Crippen LogP contribution is 2.29. The number of hydrogen-bond acceptors (Lipinski definition) is 5. The van der Waals surface area contributed by atoms with E-state index in [1.165, 1.54) is 11.6 Å². The second kappa shape index (κ2) is 10.7. The quantitative estimate of drug-likeness (QED) is 0.363. The summed E-state index contributed by atoms with van der Waals surface area (Å²) in [5.41, 5.74) is 3.19. The number of aryl methyl sites for hydroxylation is 1. The van der Waals surface area contributed by atoms with Crippen LogP contribution in [0.3, 0.4) is 0 Å². The van der Waals surface area contributed by atoms with E-state index in [-0.39, 0.29) is 12.1 Å². The zero-order valence-corrected chi connectivity index (χ0v) is 18.3. The van der Waals surface area contributed by atoms with Crippen molar-refractivity contribution in [3.05, 3.63) is 84.0 Å². The number of carbonyl (C=O) groups excluding carboxylic acids is 1. The highest BCUT2D eigenvalue weighted by Gasteiger charge is 2.19. The molecule has 1 unspecified atom stereocenters. The third-order valence-electron chi connectivity index (χ3n) is 5.39. The molecule has 3 aromatic rings. The van der Waals surface area contributed by atoms with E-state index in [0.717, 1.165) is 41.9 Å². The molecule has 0 N–H and O–H groups in total. The minimum Gasteiger partial charge on any atom is -0.493 e. The summed E-state index contributed by atoms with van der Waals surface area (Å²) in [7, 11) is 0. The Morgan fingerprint density at radius 3 is 3.03 bits per heavy atom. The summed E-state index contributed by atoms with van der Waals surface area (Å²) in [5.74, 6) is 1.35. The summed E-state index contributed by atoms with van der Waals surface area (Å²) in [6.45, 7) is 3.36. The first-order valence-electron chi connectivity index (χ1n) is 11.0. The Morgan fingerprint density at radius 2 is 2.19 bits per heavy atom. The van der Waals surface area contributed by atoms with E-state index in [4.69, 9.17) is 14.2 Å². The zero-order chi connectivity index (χ0) is 22.2. The van der Waals surface area contributed by atoms with Crippen molar-refractivity contribution in [1.29, 1.82) is 0 Å². The van der Waals surface area contributed by atoms with Gasteiger partial charge in [-0.15, -0.1) is 0 Å². The Bertz CT molecular complexity index is 1060. The monoisotopic (exact) mass is 432 g/mol. The molecule has 6 nitrogen and oxygen atoms in total. The molecule has 1 aliphatic heterocycles. The summed E-state index contributed by atoms with van der Waals surface area (Å²) in [4.78, 5) is 15.8. The van der Waals surface area contributed by atoms with Crippen molar-refractivity contribution in [2.75, 3.05) is 13.2 Å². The van der Waals surface area contributed by atoms with Gasteiger partial charge in [0, 0.05) is 37.0 Å². The first-order chi connectivity index (χ1) is 15.7. The van der Waals surface area contributed by atoms with Gasteiger partial charge in [0.05, 0.1) is 19.5 Å². The highest BCUT2D eigenvalue weighted by molar-refractivity contribution is 5.87. The van der Waals surface area contributed by atoms with E-state index in [1.807, 2.05) is 47.2 Å². The van der Waals surface area contributed by atoms with E-state index in [0.29, 0.717) is 19.8 Å². The van der Waals surface area contributed by atoms with Crippen LogP contribution in [0.1, 0.15) is 36.5 Å². The van der Waals surface area contributed by atoms with E-state index in [9.17, 15) is 4.79 Å². The van der Waals surface area contributed by atoms with Gasteiger partial charge in [0.2, 0.25) is 0 Å². The average molecular weight is 433 g/mol. The third kappa shape index (κ3) is 5.78. The number of fused-ring (bicyclic) bond motifs is 1. The fraction of sp³-hybridized carbons (Fsp3) is 0.308. The van der Waals surface area contributed by atoms with E-state index >= 15 is 0 Å². The van der Waals surface area contributed by atoms with Crippen molar-refractivity contribution in [1.82, 2.24) is 9.55 Å². The molecule has 1 aromatic heterocycles. The Balaban J connectivity index is 1.42. The van der Waals surface area contributed by atoms with Crippen LogP contribution in [0.25, 0.3) is 6.08 Å². The van der Waals surface area contributed by atoms with Crippen LogP contribution in [0.2, 0.25) is 0 Å². The van der Waals surface area contributed by atoms with Crippen LogP contribution in [0.5, 0.6) is 11.5 Å². The SMILES string of the molecule is CCOC(=O)C=Cc1ccc(Cn2ccnc2)cc1OCCC1CCc2ccccc2O1. The van der Waals surface area contributed by atoms with Gasteiger partial charge in [0.25, 0.3) is 0 Å². The Hall–Kier alpha value is -3.54. The zero-order valence-electron chi connectivity index (χ0n) is 18.3. The van der Waals surface area contributed by atoms with Crippen LogP contribution >= 0.6 is 0 Å². The number of rotatable bonds is 9. The van der Waals surface area contributed by atoms with Crippen LogP contribution in [0.4, 0.5) is 0 Å². The summed E-state index contributed by atoms with van der Waals surface area (Å²) >= 11 is 0. The number of para-hydroxylation sites is 1. The number of nitrogens with zero attached hydrogens (tertiary/aromatic N) is 2. The van der Waals surface area contributed by atoms with Crippen molar-refractivity contribution in [3.8, 4) is 11.5 Å². The predicted molar refractivity (Wildman–Crippen MR) is 123 cm³/mol. The van der Waals surface area contributed by atoms with Crippen LogP contribution in [-0.2, 0) is 22.5 Å². The minimum absolute atomic E-state index is 0.137. The van der Waals surface area contributed by atoms with E-state index in [1.54, 1.807) is 25.5 Å². The molecule has 166 valence electrons. The lowest BCUT2D eigenvalue weighted by Crippen LogP contribution is -2.24. The summed E-state index contributed by atoms with van der Waals surface area (Å²) in [5, 5.41) is 0. The Morgan fingerprint density at radius 1 is 1.28 bits per heavy atom. The van der Waals surface area contributed by atoms with E-state index in [2.05, 4.69) is 11.1 Å². The molecule has 0 radical (unpaired) electrons. The molecule has 1 aliphatic rings. The first kappa shape index (κ1) is 21.7. The fourth-order valence-corrected chi connectivity index (χ4v) is 3.76. The summed E-state index contributed by atoms with van der Waals surface area (Å²) < 4.78 is 19.3. The molecule has 6 heteroatoms. The maximum Gasteiger partial charge on any atom is 0.330 e. The molecule has 1 atom stereocenters. The Labute approximate surface area is 188 Å². The molecule has 4 rings (SSSR count). The van der Waals surface area contributed by atoms with Gasteiger partial charge in [-0.2, -0.15) is 0 Å². The molecule has 0 spiro atoms. The van der Waals surface area contributed by atoms with Crippen molar-refractivity contribution in [2.24, 2.45) is 0 Å². The maximum absolute atomic E-state index is 11.8. The molecular formula is C26H28N2O4. The molecular weight excluding hydrogens is 404 g/mol. The fourth-order valence-electron chi connectivity index (χ4n) is 3.76. The smallest absolute Gasteiger partial charge is 0.330 e. The largest absolute Gasteiger partial charge is 0.493 e. The number of imidazole rings is 1. The van der Waals surface area contributed by atoms with Gasteiger partial charge in [-0.25, -0.2) is 9.78 Å². The number of esters is 1. The van der Waals surface area contributed by atoms with Gasteiger partial charge >= 0.3 is 5.97 Å². The van der Waals surface area contributed by atoms with Gasteiger partial charge in [-0.05, 0) is 49.1 Å². The van der Waals surface area contributed by atoms with Crippen molar-refractivity contribution in [2.45, 2.75) is 38.8 Å². The number of aromatic nitrogens is 2. The molecule has 0 saturated heterocycles. The van der Waals surface area contributed by atoms with Crippen LogP contribution in [0.15, 0.2) is 67.3 Å². The lowest BCUT2D eigenvalue weighted by molar-refractivity contribution is -0.137. The third-order valence-corrected chi connectivity index (χ3v) is 5.39. The van der Waals surface area contributed by atoms with Crippen LogP contribution in [0, 0.1) is 0 Å². The number of hydrogen-bond donors (Lipinski definition) is 0. The Kier molecular flexibility index (Phi) is 7.23. The van der Waals surface area contributed by atoms with Gasteiger partial charge in [0.15, 0.2) is 0 Å². The average Bonchev–Trinajstić information content (AvgIpc) is 3.32. The summed E-state index contributed by atoms with van der Waals surface area (Å²) in [6.07, 6.45) is 11.6. The van der Waals surface area contributed by atoms with Gasteiger partial charge in [-0.1, -0.05) is 30.3 Å².